The number of quaternary nitrogens is 1. The van der Waals surface area contributed by atoms with Crippen LogP contribution in [0.5, 0.6) is 0 Å². The second kappa shape index (κ2) is 24.5. The Morgan fingerprint density at radius 1 is 0.763 bits per heavy atom. The van der Waals surface area contributed by atoms with Crippen LogP contribution in [0.4, 0.5) is 0 Å². The van der Waals surface area contributed by atoms with E-state index in [1.54, 1.807) is 0 Å². The van der Waals surface area contributed by atoms with Gasteiger partial charge in [-0.25, -0.2) is 4.57 Å². The summed E-state index contributed by atoms with van der Waals surface area (Å²) in [5, 5.41) is 0. The smallest absolute Gasteiger partial charge is 0.333 e. The number of carbonyl (C=O) groups is 1. The standard InChI is InChI=1S/C31H62NO5P/c1-3-5-6-7-8-9-10-11-12-13-14-15-16-17-18-19-23-30(28-31(33)22-4-2)29-37-38(34,35)36-27-26-32-24-20-21-25-32/h30H,3-29H2,1-2H3,(H,34,35)/p+1. The zero-order chi connectivity index (χ0) is 27.7. The highest BCUT2D eigenvalue weighted by molar-refractivity contribution is 7.47. The van der Waals surface area contributed by atoms with Crippen molar-refractivity contribution in [2.45, 2.75) is 155 Å². The summed E-state index contributed by atoms with van der Waals surface area (Å²) in [7, 11) is -4.06. The number of phosphoric acid groups is 1. The van der Waals surface area contributed by atoms with Crippen molar-refractivity contribution >= 4 is 13.6 Å². The van der Waals surface area contributed by atoms with Crippen LogP contribution in [0.2, 0.25) is 0 Å². The number of unbranched alkanes of at least 4 members (excludes halogenated alkanes) is 15. The number of likely N-dealkylation sites (tertiary alicyclic amines) is 1. The average Bonchev–Trinajstić information content (AvgIpc) is 3.40. The van der Waals surface area contributed by atoms with E-state index in [0.717, 1.165) is 45.3 Å². The van der Waals surface area contributed by atoms with E-state index in [2.05, 4.69) is 6.92 Å². The summed E-state index contributed by atoms with van der Waals surface area (Å²) >= 11 is 0. The van der Waals surface area contributed by atoms with Crippen molar-refractivity contribution < 1.29 is 28.2 Å². The van der Waals surface area contributed by atoms with E-state index in [1.165, 1.54) is 108 Å². The molecule has 0 amide bonds. The van der Waals surface area contributed by atoms with Crippen LogP contribution in [-0.2, 0) is 18.4 Å². The van der Waals surface area contributed by atoms with Crippen molar-refractivity contribution in [3.8, 4) is 0 Å². The predicted molar refractivity (Wildman–Crippen MR) is 159 cm³/mol. The first-order valence-corrected chi connectivity index (χ1v) is 17.9. The van der Waals surface area contributed by atoms with Gasteiger partial charge in [0.1, 0.15) is 18.9 Å². The molecule has 0 aromatic rings. The molecular formula is C31H63NO5P+. The van der Waals surface area contributed by atoms with Crippen LogP contribution in [-0.4, -0.2) is 43.5 Å². The molecule has 1 heterocycles. The lowest BCUT2D eigenvalue weighted by atomic mass is 9.94. The van der Waals surface area contributed by atoms with Crippen LogP contribution in [0.15, 0.2) is 0 Å². The highest BCUT2D eigenvalue weighted by Crippen LogP contribution is 2.43. The van der Waals surface area contributed by atoms with Gasteiger partial charge in [0.2, 0.25) is 0 Å². The van der Waals surface area contributed by atoms with Crippen molar-refractivity contribution in [1.29, 1.82) is 0 Å². The molecule has 2 unspecified atom stereocenters. The summed E-state index contributed by atoms with van der Waals surface area (Å²) in [6.45, 7) is 7.61. The van der Waals surface area contributed by atoms with Gasteiger partial charge in [0.25, 0.3) is 0 Å². The fourth-order valence-electron chi connectivity index (χ4n) is 5.60. The molecule has 0 aromatic carbocycles. The molecule has 0 spiro atoms. The van der Waals surface area contributed by atoms with Crippen molar-refractivity contribution in [3.05, 3.63) is 0 Å². The van der Waals surface area contributed by atoms with E-state index in [0.29, 0.717) is 12.8 Å². The molecule has 0 bridgehead atoms. The van der Waals surface area contributed by atoms with E-state index in [4.69, 9.17) is 9.05 Å². The van der Waals surface area contributed by atoms with E-state index in [1.807, 2.05) is 6.92 Å². The minimum Gasteiger partial charge on any atom is -0.333 e. The Bertz CT molecular complexity index is 597. The Morgan fingerprint density at radius 2 is 1.26 bits per heavy atom. The van der Waals surface area contributed by atoms with Gasteiger partial charge in [-0.15, -0.1) is 0 Å². The van der Waals surface area contributed by atoms with Gasteiger partial charge in [-0.2, -0.15) is 0 Å². The molecule has 1 saturated heterocycles. The molecule has 0 saturated carbocycles. The average molecular weight is 561 g/mol. The molecule has 2 atom stereocenters. The first-order valence-electron chi connectivity index (χ1n) is 16.4. The zero-order valence-electron chi connectivity index (χ0n) is 25.2. The van der Waals surface area contributed by atoms with Gasteiger partial charge in [-0.1, -0.05) is 117 Å². The maximum absolute atomic E-state index is 12.3. The second-order valence-electron chi connectivity index (χ2n) is 11.8. The fourth-order valence-corrected chi connectivity index (χ4v) is 6.39. The predicted octanol–water partition coefficient (Wildman–Crippen LogP) is 7.83. The fraction of sp³-hybridized carbons (Fsp3) is 0.968. The Kier molecular flexibility index (Phi) is 23.1. The van der Waals surface area contributed by atoms with Crippen molar-refractivity contribution in [2.75, 3.05) is 32.8 Å². The molecular weight excluding hydrogens is 497 g/mol. The molecule has 226 valence electrons. The number of carbonyl (C=O) groups excluding carboxylic acids is 1. The van der Waals surface area contributed by atoms with Crippen molar-refractivity contribution in [1.82, 2.24) is 0 Å². The van der Waals surface area contributed by atoms with E-state index >= 15 is 0 Å². The Hall–Kier alpha value is -0.260. The first kappa shape index (κ1) is 35.8. The zero-order valence-corrected chi connectivity index (χ0v) is 26.1. The van der Waals surface area contributed by atoms with E-state index in [-0.39, 0.29) is 24.9 Å². The van der Waals surface area contributed by atoms with Gasteiger partial charge in [0, 0.05) is 25.7 Å². The van der Waals surface area contributed by atoms with E-state index < -0.39 is 7.82 Å². The summed E-state index contributed by atoms with van der Waals surface area (Å²) in [4.78, 5) is 23.8. The molecule has 1 aliphatic rings. The number of nitrogens with one attached hydrogen (secondary N) is 1. The van der Waals surface area contributed by atoms with Gasteiger partial charge in [-0.3, -0.25) is 13.8 Å². The lowest BCUT2D eigenvalue weighted by Crippen LogP contribution is -3.10. The Balaban J connectivity index is 2.09. The summed E-state index contributed by atoms with van der Waals surface area (Å²) in [6.07, 6.45) is 26.5. The maximum atomic E-state index is 12.3. The number of phosphoric ester groups is 1. The minimum absolute atomic E-state index is 0.00558. The van der Waals surface area contributed by atoms with Gasteiger partial charge >= 0.3 is 7.82 Å². The Labute approximate surface area is 235 Å². The number of Topliss-reactive ketones (excluding diaryl/α,β-unsaturated/α-hetero) is 1. The maximum Gasteiger partial charge on any atom is 0.472 e. The van der Waals surface area contributed by atoms with Crippen LogP contribution in [0.25, 0.3) is 0 Å². The second-order valence-corrected chi connectivity index (χ2v) is 13.2. The van der Waals surface area contributed by atoms with Gasteiger partial charge in [0.15, 0.2) is 0 Å². The highest BCUT2D eigenvalue weighted by atomic mass is 31.2. The summed E-state index contributed by atoms with van der Waals surface area (Å²) < 4.78 is 22.9. The molecule has 38 heavy (non-hydrogen) atoms. The lowest BCUT2D eigenvalue weighted by Gasteiger charge is -2.19. The van der Waals surface area contributed by atoms with Gasteiger partial charge in [0.05, 0.1) is 19.7 Å². The molecule has 0 aromatic heterocycles. The third kappa shape index (κ3) is 21.5. The summed E-state index contributed by atoms with van der Waals surface area (Å²) in [5.74, 6) is 0.220. The summed E-state index contributed by atoms with van der Waals surface area (Å²) in [5.41, 5.74) is 0. The number of hydrogen-bond acceptors (Lipinski definition) is 4. The van der Waals surface area contributed by atoms with Crippen molar-refractivity contribution in [3.63, 3.8) is 0 Å². The molecule has 0 aliphatic carbocycles. The molecule has 7 heteroatoms. The molecule has 1 rings (SSSR count). The molecule has 1 fully saturated rings. The number of ketones is 1. The topological polar surface area (TPSA) is 77.3 Å². The number of rotatable bonds is 28. The Morgan fingerprint density at radius 3 is 1.76 bits per heavy atom. The monoisotopic (exact) mass is 560 g/mol. The normalized spacial score (nSPS) is 16.6. The van der Waals surface area contributed by atoms with Crippen LogP contribution < -0.4 is 4.90 Å². The molecule has 1 aliphatic heterocycles. The quantitative estimate of drug-likeness (QED) is 0.0753. The van der Waals surface area contributed by atoms with Crippen LogP contribution >= 0.6 is 7.82 Å². The highest BCUT2D eigenvalue weighted by Gasteiger charge is 2.25. The van der Waals surface area contributed by atoms with Crippen LogP contribution in [0.1, 0.15) is 155 Å². The number of hydrogen-bond donors (Lipinski definition) is 2. The van der Waals surface area contributed by atoms with Crippen LogP contribution in [0, 0.1) is 5.92 Å². The minimum atomic E-state index is -4.06. The van der Waals surface area contributed by atoms with Gasteiger partial charge in [-0.05, 0) is 18.8 Å². The van der Waals surface area contributed by atoms with Crippen LogP contribution in [0.3, 0.4) is 0 Å². The summed E-state index contributed by atoms with van der Waals surface area (Å²) in [6, 6.07) is 0. The van der Waals surface area contributed by atoms with E-state index in [9.17, 15) is 14.3 Å². The third-order valence-electron chi connectivity index (χ3n) is 8.01. The SMILES string of the molecule is CCCCCCCCCCCCCCCCCCC(COP(=O)(O)OCC[NH+]1CCCC1)CC(=O)CCC. The lowest BCUT2D eigenvalue weighted by molar-refractivity contribution is -0.887. The largest absolute Gasteiger partial charge is 0.472 e. The first-order chi connectivity index (χ1) is 18.5. The van der Waals surface area contributed by atoms with Crippen molar-refractivity contribution in [2.24, 2.45) is 5.92 Å². The third-order valence-corrected chi connectivity index (χ3v) is 8.99. The molecule has 6 nitrogen and oxygen atoms in total. The molecule has 2 N–H and O–H groups in total. The van der Waals surface area contributed by atoms with Gasteiger partial charge < -0.3 is 9.79 Å². The molecule has 0 radical (unpaired) electrons.